The number of nitriles is 1. The van der Waals surface area contributed by atoms with E-state index in [0.717, 1.165) is 11.3 Å². The number of carbonyl (C=O) groups excluding carboxylic acids is 1. The average molecular weight is 472 g/mol. The predicted molar refractivity (Wildman–Crippen MR) is 136 cm³/mol. The van der Waals surface area contributed by atoms with E-state index in [9.17, 15) is 10.1 Å². The van der Waals surface area contributed by atoms with Crippen molar-refractivity contribution < 1.29 is 19.0 Å². The lowest BCUT2D eigenvalue weighted by Gasteiger charge is -2.12. The number of anilines is 1. The number of amides is 1. The van der Waals surface area contributed by atoms with Gasteiger partial charge in [0.1, 0.15) is 23.1 Å². The molecule has 180 valence electrons. The summed E-state index contributed by atoms with van der Waals surface area (Å²) in [6.45, 7) is 5.52. The summed E-state index contributed by atoms with van der Waals surface area (Å²) in [6.07, 6.45) is 2.12. The van der Waals surface area contributed by atoms with Crippen LogP contribution in [0.1, 0.15) is 19.4 Å². The highest BCUT2D eigenvalue weighted by Gasteiger charge is 2.10. The lowest BCUT2D eigenvalue weighted by Crippen LogP contribution is -2.18. The van der Waals surface area contributed by atoms with Gasteiger partial charge in [0.25, 0.3) is 5.91 Å². The molecule has 1 amide bonds. The van der Waals surface area contributed by atoms with Gasteiger partial charge in [0, 0.05) is 18.4 Å². The zero-order chi connectivity index (χ0) is 24.9. The number of nitrogens with zero attached hydrogens (tertiary/aromatic N) is 1. The molecule has 0 aliphatic rings. The van der Waals surface area contributed by atoms with Crippen molar-refractivity contribution in [1.29, 1.82) is 5.26 Å². The van der Waals surface area contributed by atoms with Crippen molar-refractivity contribution in [3.8, 4) is 29.1 Å². The van der Waals surface area contributed by atoms with Crippen LogP contribution in [0.3, 0.4) is 0 Å². The van der Waals surface area contributed by atoms with E-state index in [1.807, 2.05) is 68.4 Å². The Morgan fingerprint density at radius 2 is 1.60 bits per heavy atom. The number of hydrogen-bond donors (Lipinski definition) is 2. The van der Waals surface area contributed by atoms with Gasteiger partial charge in [-0.15, -0.1) is 0 Å². The molecule has 0 spiro atoms. The van der Waals surface area contributed by atoms with E-state index in [1.54, 1.807) is 24.3 Å². The van der Waals surface area contributed by atoms with Crippen molar-refractivity contribution in [1.82, 2.24) is 5.32 Å². The van der Waals surface area contributed by atoms with Crippen molar-refractivity contribution >= 4 is 11.6 Å². The Balaban J connectivity index is 1.51. The Morgan fingerprint density at radius 3 is 2.29 bits per heavy atom. The molecule has 0 heterocycles. The van der Waals surface area contributed by atoms with Gasteiger partial charge in [-0.25, -0.2) is 0 Å². The van der Waals surface area contributed by atoms with Crippen molar-refractivity contribution in [2.24, 2.45) is 0 Å². The Hall–Kier alpha value is -4.44. The molecule has 0 bridgehead atoms. The first-order valence-electron chi connectivity index (χ1n) is 11.5. The average Bonchev–Trinajstić information content (AvgIpc) is 2.87. The van der Waals surface area contributed by atoms with Crippen LogP contribution in [0.25, 0.3) is 0 Å². The third-order valence-corrected chi connectivity index (χ3v) is 4.87. The highest BCUT2D eigenvalue weighted by molar-refractivity contribution is 6.06. The maximum atomic E-state index is 12.5. The fraction of sp³-hybridized carbons (Fsp3) is 0.214. The van der Waals surface area contributed by atoms with E-state index < -0.39 is 5.91 Å². The largest absolute Gasteiger partial charge is 0.490 e. The number of carbonyl (C=O) groups is 1. The van der Waals surface area contributed by atoms with Crippen LogP contribution >= 0.6 is 0 Å². The lowest BCUT2D eigenvalue weighted by molar-refractivity contribution is -0.112. The number of para-hydroxylation sites is 1. The van der Waals surface area contributed by atoms with Crippen LogP contribution in [-0.2, 0) is 11.2 Å². The first kappa shape index (κ1) is 25.2. The Morgan fingerprint density at radius 1 is 0.914 bits per heavy atom. The summed E-state index contributed by atoms with van der Waals surface area (Å²) in [6, 6.07) is 24.1. The Labute approximate surface area is 205 Å². The van der Waals surface area contributed by atoms with E-state index in [0.29, 0.717) is 49.1 Å². The normalized spacial score (nSPS) is 10.7. The molecule has 35 heavy (non-hydrogen) atoms. The molecule has 0 atom stereocenters. The van der Waals surface area contributed by atoms with Crippen molar-refractivity contribution in [3.05, 3.63) is 90.1 Å². The van der Waals surface area contributed by atoms with Crippen LogP contribution in [0.2, 0.25) is 0 Å². The molecule has 0 aliphatic carbocycles. The van der Waals surface area contributed by atoms with E-state index in [-0.39, 0.29) is 5.57 Å². The Kier molecular flexibility index (Phi) is 9.58. The summed E-state index contributed by atoms with van der Waals surface area (Å²) < 4.78 is 17.0. The maximum Gasteiger partial charge on any atom is 0.267 e. The zero-order valence-corrected chi connectivity index (χ0v) is 19.9. The zero-order valence-electron chi connectivity index (χ0n) is 19.9. The van der Waals surface area contributed by atoms with Crippen molar-refractivity contribution in [2.45, 2.75) is 20.3 Å². The number of rotatable bonds is 12. The quantitative estimate of drug-likeness (QED) is 0.207. The SMILES string of the molecule is CCOc1ccc(CCN/C=C(/C#N)C(=O)Nc2ccc(Oc3ccccc3)cc2)cc1OCC. The number of nitrogens with one attached hydrogen (secondary N) is 2. The first-order valence-corrected chi connectivity index (χ1v) is 11.5. The third kappa shape index (κ3) is 7.83. The van der Waals surface area contributed by atoms with Gasteiger partial charge >= 0.3 is 0 Å². The maximum absolute atomic E-state index is 12.5. The van der Waals surface area contributed by atoms with Gasteiger partial charge in [0.2, 0.25) is 0 Å². The molecule has 3 aromatic carbocycles. The van der Waals surface area contributed by atoms with E-state index in [1.165, 1.54) is 6.20 Å². The molecule has 7 heteroatoms. The van der Waals surface area contributed by atoms with Gasteiger partial charge in [-0.1, -0.05) is 24.3 Å². The van der Waals surface area contributed by atoms with E-state index in [4.69, 9.17) is 14.2 Å². The van der Waals surface area contributed by atoms with Gasteiger partial charge in [-0.05, 0) is 74.4 Å². The monoisotopic (exact) mass is 471 g/mol. The smallest absolute Gasteiger partial charge is 0.267 e. The summed E-state index contributed by atoms with van der Waals surface area (Å²) >= 11 is 0. The van der Waals surface area contributed by atoms with Gasteiger partial charge < -0.3 is 24.8 Å². The second-order valence-electron chi connectivity index (χ2n) is 7.41. The number of hydrogen-bond acceptors (Lipinski definition) is 6. The van der Waals surface area contributed by atoms with E-state index in [2.05, 4.69) is 10.6 Å². The first-order chi connectivity index (χ1) is 17.1. The van der Waals surface area contributed by atoms with Gasteiger partial charge in [-0.3, -0.25) is 4.79 Å². The van der Waals surface area contributed by atoms with Crippen LogP contribution in [0.4, 0.5) is 5.69 Å². The predicted octanol–water partition coefficient (Wildman–Crippen LogP) is 5.45. The van der Waals surface area contributed by atoms with Crippen LogP contribution in [0.15, 0.2) is 84.6 Å². The molecule has 3 rings (SSSR count). The van der Waals surface area contributed by atoms with Crippen molar-refractivity contribution in [2.75, 3.05) is 25.1 Å². The fourth-order valence-electron chi connectivity index (χ4n) is 3.22. The van der Waals surface area contributed by atoms with Gasteiger partial charge in [0.05, 0.1) is 13.2 Å². The summed E-state index contributed by atoms with van der Waals surface area (Å²) in [4.78, 5) is 12.5. The molecule has 0 saturated heterocycles. The second kappa shape index (κ2) is 13.3. The third-order valence-electron chi connectivity index (χ3n) is 4.87. The summed E-state index contributed by atoms with van der Waals surface area (Å²) in [5, 5.41) is 15.2. The summed E-state index contributed by atoms with van der Waals surface area (Å²) in [5.41, 5.74) is 1.60. The van der Waals surface area contributed by atoms with E-state index >= 15 is 0 Å². The minimum absolute atomic E-state index is 0.0173. The van der Waals surface area contributed by atoms with Crippen LogP contribution in [0, 0.1) is 11.3 Å². The highest BCUT2D eigenvalue weighted by Crippen LogP contribution is 2.28. The number of benzene rings is 3. The van der Waals surface area contributed by atoms with Crippen LogP contribution < -0.4 is 24.8 Å². The molecule has 0 saturated carbocycles. The molecule has 0 aliphatic heterocycles. The molecule has 2 N–H and O–H groups in total. The second-order valence-corrected chi connectivity index (χ2v) is 7.41. The summed E-state index contributed by atoms with van der Waals surface area (Å²) in [5.74, 6) is 2.31. The fourth-order valence-corrected chi connectivity index (χ4v) is 3.22. The Bertz CT molecular complexity index is 1170. The molecule has 3 aromatic rings. The van der Waals surface area contributed by atoms with Crippen LogP contribution in [0.5, 0.6) is 23.0 Å². The minimum atomic E-state index is -0.489. The highest BCUT2D eigenvalue weighted by atomic mass is 16.5. The lowest BCUT2D eigenvalue weighted by atomic mass is 10.1. The summed E-state index contributed by atoms with van der Waals surface area (Å²) in [7, 11) is 0. The van der Waals surface area contributed by atoms with Gasteiger partial charge in [0.15, 0.2) is 11.5 Å². The van der Waals surface area contributed by atoms with Gasteiger partial charge in [-0.2, -0.15) is 5.26 Å². The molecule has 0 fully saturated rings. The molecule has 0 unspecified atom stereocenters. The number of ether oxygens (including phenoxy) is 3. The minimum Gasteiger partial charge on any atom is -0.490 e. The molecular formula is C28H29N3O4. The topological polar surface area (TPSA) is 92.6 Å². The standard InChI is InChI=1S/C28H29N3O4/c1-3-33-26-15-10-21(18-27(26)34-4-2)16-17-30-20-22(19-29)28(32)31-23-11-13-25(14-12-23)35-24-8-6-5-7-9-24/h5-15,18,20,30H,3-4,16-17H2,1-2H3,(H,31,32)/b22-20-. The van der Waals surface area contributed by atoms with Crippen molar-refractivity contribution in [3.63, 3.8) is 0 Å². The molecule has 7 nitrogen and oxygen atoms in total. The molecule has 0 radical (unpaired) electrons. The molecule has 0 aromatic heterocycles. The molecular weight excluding hydrogens is 442 g/mol. The van der Waals surface area contributed by atoms with Crippen LogP contribution in [-0.4, -0.2) is 25.7 Å².